The van der Waals surface area contributed by atoms with Crippen LogP contribution in [0.4, 0.5) is 0 Å². The molecule has 2 bridgehead atoms. The molecule has 7 rings (SSSR count). The Labute approximate surface area is 195 Å². The number of rotatable bonds is 3. The van der Waals surface area contributed by atoms with Crippen LogP contribution in [0.5, 0.6) is 5.75 Å². The van der Waals surface area contributed by atoms with Gasteiger partial charge in [-0.3, -0.25) is 14.5 Å². The van der Waals surface area contributed by atoms with Crippen LogP contribution in [0, 0.1) is 11.8 Å². The predicted molar refractivity (Wildman–Crippen MR) is 122 cm³/mol. The number of hydrogen-bond donors (Lipinski definition) is 0. The first-order valence-corrected chi connectivity index (χ1v) is 11.4. The molecule has 2 amide bonds. The maximum absolute atomic E-state index is 13.7. The number of likely N-dealkylation sites (tertiary alicyclic amines) is 1. The maximum Gasteiger partial charge on any atom is 0.334 e. The number of nitrogens with zero attached hydrogens (tertiary/aromatic N) is 1. The fourth-order valence-corrected chi connectivity index (χ4v) is 6.08. The van der Waals surface area contributed by atoms with Gasteiger partial charge >= 0.3 is 5.97 Å². The van der Waals surface area contributed by atoms with Gasteiger partial charge in [0.2, 0.25) is 11.8 Å². The van der Waals surface area contributed by atoms with Crippen molar-refractivity contribution in [3.05, 3.63) is 100 Å². The van der Waals surface area contributed by atoms with Crippen LogP contribution in [0.15, 0.2) is 72.8 Å². The number of esters is 1. The van der Waals surface area contributed by atoms with Crippen LogP contribution in [-0.4, -0.2) is 28.7 Å². The topological polar surface area (TPSA) is 63.7 Å². The van der Waals surface area contributed by atoms with E-state index in [9.17, 15) is 14.4 Å². The lowest BCUT2D eigenvalue weighted by molar-refractivity contribution is -0.152. The molecule has 6 heteroatoms. The predicted octanol–water partition coefficient (Wildman–Crippen LogP) is 4.53. The molecule has 3 aromatic rings. The van der Waals surface area contributed by atoms with Gasteiger partial charge in [-0.2, -0.15) is 0 Å². The highest BCUT2D eigenvalue weighted by Gasteiger charge is 2.62. The fourth-order valence-electron chi connectivity index (χ4n) is 5.91. The Morgan fingerprint density at radius 3 is 1.67 bits per heavy atom. The Hall–Kier alpha value is -3.44. The SMILES string of the molecule is C[C@H](C(=O)Oc1ccccc1Cl)N1C(=O)[C@H]2C3c4ccccc4C(c4ccccc43)[C@@H]2C1=O. The first-order valence-electron chi connectivity index (χ1n) is 11.0. The van der Waals surface area contributed by atoms with E-state index < -0.39 is 23.8 Å². The zero-order chi connectivity index (χ0) is 22.9. The van der Waals surface area contributed by atoms with Gasteiger partial charge in [0.05, 0.1) is 16.9 Å². The molecule has 0 aromatic heterocycles. The number of para-hydroxylation sites is 1. The summed E-state index contributed by atoms with van der Waals surface area (Å²) in [4.78, 5) is 41.4. The van der Waals surface area contributed by atoms with Crippen LogP contribution in [0.1, 0.15) is 41.0 Å². The summed E-state index contributed by atoms with van der Waals surface area (Å²) < 4.78 is 5.45. The highest BCUT2D eigenvalue weighted by Crippen LogP contribution is 2.61. The minimum atomic E-state index is -1.06. The molecule has 0 radical (unpaired) electrons. The molecule has 33 heavy (non-hydrogen) atoms. The average molecular weight is 458 g/mol. The van der Waals surface area contributed by atoms with Crippen LogP contribution in [0.3, 0.4) is 0 Å². The largest absolute Gasteiger partial charge is 0.423 e. The third kappa shape index (κ3) is 2.75. The van der Waals surface area contributed by atoms with E-state index in [-0.39, 0.29) is 34.4 Å². The van der Waals surface area contributed by atoms with Crippen molar-refractivity contribution >= 4 is 29.4 Å². The van der Waals surface area contributed by atoms with Gasteiger partial charge in [0.1, 0.15) is 11.8 Å². The van der Waals surface area contributed by atoms with Crippen molar-refractivity contribution in [1.82, 2.24) is 4.90 Å². The van der Waals surface area contributed by atoms with Crippen LogP contribution in [0.2, 0.25) is 5.02 Å². The van der Waals surface area contributed by atoms with Crippen LogP contribution < -0.4 is 4.74 Å². The summed E-state index contributed by atoms with van der Waals surface area (Å²) in [7, 11) is 0. The van der Waals surface area contributed by atoms with Crippen molar-refractivity contribution < 1.29 is 19.1 Å². The highest BCUT2D eigenvalue weighted by molar-refractivity contribution is 6.32. The van der Waals surface area contributed by atoms with Crippen molar-refractivity contribution in [2.45, 2.75) is 24.8 Å². The van der Waals surface area contributed by atoms with Gasteiger partial charge in [0.25, 0.3) is 0 Å². The van der Waals surface area contributed by atoms with Gasteiger partial charge < -0.3 is 4.74 Å². The molecule has 164 valence electrons. The quantitative estimate of drug-likeness (QED) is 0.329. The number of amides is 2. The van der Waals surface area contributed by atoms with Gasteiger partial charge in [0.15, 0.2) is 0 Å². The molecule has 3 aliphatic carbocycles. The highest BCUT2D eigenvalue weighted by atomic mass is 35.5. The van der Waals surface area contributed by atoms with Crippen molar-refractivity contribution in [2.24, 2.45) is 11.8 Å². The summed E-state index contributed by atoms with van der Waals surface area (Å²) in [5, 5.41) is 0.287. The van der Waals surface area contributed by atoms with Crippen molar-refractivity contribution in [3.8, 4) is 5.75 Å². The Morgan fingerprint density at radius 1 is 0.788 bits per heavy atom. The minimum Gasteiger partial charge on any atom is -0.423 e. The number of benzene rings is 3. The van der Waals surface area contributed by atoms with E-state index in [1.165, 1.54) is 6.92 Å². The molecule has 1 heterocycles. The number of halogens is 1. The monoisotopic (exact) mass is 457 g/mol. The zero-order valence-corrected chi connectivity index (χ0v) is 18.5. The number of imide groups is 1. The average Bonchev–Trinajstić information content (AvgIpc) is 3.10. The van der Waals surface area contributed by atoms with Crippen molar-refractivity contribution in [3.63, 3.8) is 0 Å². The lowest BCUT2D eigenvalue weighted by Crippen LogP contribution is -2.45. The summed E-state index contributed by atoms with van der Waals surface area (Å²) in [6.07, 6.45) is 0. The first kappa shape index (κ1) is 20.2. The first-order chi connectivity index (χ1) is 16.0. The lowest BCUT2D eigenvalue weighted by Gasteiger charge is -2.45. The second-order valence-electron chi connectivity index (χ2n) is 8.84. The number of hydrogen-bond acceptors (Lipinski definition) is 4. The molecule has 1 saturated heterocycles. The molecule has 1 fully saturated rings. The third-order valence-electron chi connectivity index (χ3n) is 7.26. The molecule has 4 aliphatic rings. The van der Waals surface area contributed by atoms with E-state index in [1.807, 2.05) is 24.3 Å². The third-order valence-corrected chi connectivity index (χ3v) is 7.57. The summed E-state index contributed by atoms with van der Waals surface area (Å²) in [5.41, 5.74) is 4.38. The van der Waals surface area contributed by atoms with E-state index in [0.717, 1.165) is 27.2 Å². The maximum atomic E-state index is 13.7. The standard InChI is InChI=1S/C27H20ClNO4/c1-14(27(32)33-20-13-7-6-12-19(20)28)29-25(30)23-21-15-8-2-3-9-16(15)22(24(23)26(29)31)18-11-5-4-10-17(18)21/h2-14,21-24H,1H3/t14-,21?,22?,23+,24+/m1/s1. The Balaban J connectivity index is 1.39. The van der Waals surface area contributed by atoms with E-state index in [0.29, 0.717) is 0 Å². The van der Waals surface area contributed by atoms with Gasteiger partial charge in [-0.05, 0) is 41.3 Å². The summed E-state index contributed by atoms with van der Waals surface area (Å²) in [6.45, 7) is 1.54. The van der Waals surface area contributed by atoms with E-state index in [1.54, 1.807) is 24.3 Å². The zero-order valence-electron chi connectivity index (χ0n) is 17.8. The number of ether oxygens (including phenoxy) is 1. The molecular weight excluding hydrogens is 438 g/mol. The second-order valence-corrected chi connectivity index (χ2v) is 9.25. The van der Waals surface area contributed by atoms with Crippen LogP contribution in [-0.2, 0) is 14.4 Å². The Bertz CT molecular complexity index is 1220. The molecule has 0 spiro atoms. The Kier molecular flexibility index (Phi) is 4.46. The molecule has 3 atom stereocenters. The van der Waals surface area contributed by atoms with Gasteiger partial charge in [-0.15, -0.1) is 0 Å². The molecule has 0 unspecified atom stereocenters. The molecule has 3 aromatic carbocycles. The summed E-state index contributed by atoms with van der Waals surface area (Å²) in [5.74, 6) is -2.58. The fraction of sp³-hybridized carbons (Fsp3) is 0.222. The Morgan fingerprint density at radius 2 is 1.21 bits per heavy atom. The smallest absolute Gasteiger partial charge is 0.334 e. The van der Waals surface area contributed by atoms with Gasteiger partial charge in [-0.25, -0.2) is 4.79 Å². The molecule has 1 aliphatic heterocycles. The van der Waals surface area contributed by atoms with Crippen molar-refractivity contribution in [1.29, 1.82) is 0 Å². The van der Waals surface area contributed by atoms with Gasteiger partial charge in [-0.1, -0.05) is 72.3 Å². The summed E-state index contributed by atoms with van der Waals surface area (Å²) >= 11 is 6.11. The van der Waals surface area contributed by atoms with Crippen molar-refractivity contribution in [2.75, 3.05) is 0 Å². The van der Waals surface area contributed by atoms with Crippen LogP contribution in [0.25, 0.3) is 0 Å². The molecular formula is C27H20ClNO4. The molecule has 0 N–H and O–H groups in total. The lowest BCUT2D eigenvalue weighted by atomic mass is 9.55. The minimum absolute atomic E-state index is 0.201. The summed E-state index contributed by atoms with van der Waals surface area (Å²) in [6, 6.07) is 21.7. The normalized spacial score (nSPS) is 25.3. The number of carbonyl (C=O) groups excluding carboxylic acids is 3. The molecule has 5 nitrogen and oxygen atoms in total. The van der Waals surface area contributed by atoms with Gasteiger partial charge in [0, 0.05) is 11.8 Å². The van der Waals surface area contributed by atoms with E-state index in [2.05, 4.69) is 24.3 Å². The molecule has 0 saturated carbocycles. The number of carbonyl (C=O) groups is 3. The second kappa shape index (κ2) is 7.29. The van der Waals surface area contributed by atoms with E-state index in [4.69, 9.17) is 16.3 Å². The van der Waals surface area contributed by atoms with Crippen LogP contribution >= 0.6 is 11.6 Å². The van der Waals surface area contributed by atoms with E-state index >= 15 is 0 Å².